The molecular formula is C10H15F3N2S. The predicted molar refractivity (Wildman–Crippen MR) is 59.7 cm³/mol. The second-order valence-corrected chi connectivity index (χ2v) is 5.42. The van der Waals surface area contributed by atoms with E-state index in [4.69, 9.17) is 0 Å². The van der Waals surface area contributed by atoms with Crippen LogP contribution >= 0.6 is 11.8 Å². The number of hydrogen-bond acceptors (Lipinski definition) is 3. The molecule has 0 amide bonds. The fourth-order valence-electron chi connectivity index (χ4n) is 1.73. The number of nitrogens with one attached hydrogen (secondary N) is 1. The van der Waals surface area contributed by atoms with Crippen molar-refractivity contribution >= 4 is 16.9 Å². The lowest BCUT2D eigenvalue weighted by atomic mass is 10.2. The monoisotopic (exact) mass is 252 g/mol. The van der Waals surface area contributed by atoms with E-state index in [-0.39, 0.29) is 18.9 Å². The molecule has 0 aromatic rings. The summed E-state index contributed by atoms with van der Waals surface area (Å²) in [7, 11) is 0. The first-order chi connectivity index (χ1) is 7.47. The topological polar surface area (TPSA) is 24.4 Å². The summed E-state index contributed by atoms with van der Waals surface area (Å²) in [5.41, 5.74) is -1.67. The molecule has 1 aliphatic carbocycles. The van der Waals surface area contributed by atoms with Gasteiger partial charge in [0.05, 0.1) is 6.04 Å². The third kappa shape index (κ3) is 2.31. The Hall–Kier alpha value is -0.390. The number of aliphatic imine (C=N–C) groups is 1. The third-order valence-electron chi connectivity index (χ3n) is 3.10. The minimum absolute atomic E-state index is 0.173. The van der Waals surface area contributed by atoms with Gasteiger partial charge >= 0.3 is 6.18 Å². The molecule has 1 atom stereocenters. The third-order valence-corrected chi connectivity index (χ3v) is 4.02. The molecular weight excluding hydrogens is 237 g/mol. The number of thioether (sulfide) groups is 1. The molecule has 6 heteroatoms. The Bertz CT molecular complexity index is 297. The van der Waals surface area contributed by atoms with Crippen LogP contribution in [0.15, 0.2) is 4.99 Å². The average Bonchev–Trinajstić information content (AvgIpc) is 2.98. The van der Waals surface area contributed by atoms with Crippen LogP contribution in [-0.4, -0.2) is 28.7 Å². The van der Waals surface area contributed by atoms with Gasteiger partial charge in [-0.3, -0.25) is 4.99 Å². The van der Waals surface area contributed by atoms with Crippen molar-refractivity contribution < 1.29 is 13.2 Å². The molecule has 1 heterocycles. The first-order valence-corrected chi connectivity index (χ1v) is 6.51. The zero-order chi connectivity index (χ0) is 11.8. The molecule has 92 valence electrons. The molecule has 0 aromatic heterocycles. The Morgan fingerprint density at radius 1 is 1.50 bits per heavy atom. The Morgan fingerprint density at radius 2 is 2.19 bits per heavy atom. The SMILES string of the molecule is CCC1CCSC(NC2(C(F)(F)F)CC2)=N1. The summed E-state index contributed by atoms with van der Waals surface area (Å²) in [5, 5.41) is 3.08. The highest BCUT2D eigenvalue weighted by molar-refractivity contribution is 8.13. The van der Waals surface area contributed by atoms with E-state index in [9.17, 15) is 13.2 Å². The van der Waals surface area contributed by atoms with Crippen LogP contribution in [0, 0.1) is 0 Å². The Labute approximate surface area is 97.1 Å². The van der Waals surface area contributed by atoms with Crippen molar-refractivity contribution in [3.8, 4) is 0 Å². The minimum Gasteiger partial charge on any atom is -0.351 e. The Balaban J connectivity index is 2.02. The second kappa shape index (κ2) is 4.13. The van der Waals surface area contributed by atoms with Gasteiger partial charge in [0, 0.05) is 5.75 Å². The fourth-order valence-corrected chi connectivity index (χ4v) is 2.81. The van der Waals surface area contributed by atoms with Crippen molar-refractivity contribution in [1.29, 1.82) is 0 Å². The maximum Gasteiger partial charge on any atom is 0.411 e. The fraction of sp³-hybridized carbons (Fsp3) is 0.900. The van der Waals surface area contributed by atoms with Crippen molar-refractivity contribution in [1.82, 2.24) is 5.32 Å². The number of amidine groups is 1. The lowest BCUT2D eigenvalue weighted by molar-refractivity contribution is -0.161. The summed E-state index contributed by atoms with van der Waals surface area (Å²) in [4.78, 5) is 4.31. The van der Waals surface area contributed by atoms with E-state index in [0.29, 0.717) is 5.17 Å². The molecule has 0 spiro atoms. The highest BCUT2D eigenvalue weighted by Crippen LogP contribution is 2.49. The molecule has 2 aliphatic rings. The lowest BCUT2D eigenvalue weighted by Crippen LogP contribution is -2.47. The van der Waals surface area contributed by atoms with E-state index in [1.54, 1.807) is 0 Å². The molecule has 1 N–H and O–H groups in total. The van der Waals surface area contributed by atoms with E-state index in [1.165, 1.54) is 11.8 Å². The second-order valence-electron chi connectivity index (χ2n) is 4.34. The van der Waals surface area contributed by atoms with Crippen molar-refractivity contribution in [2.45, 2.75) is 50.4 Å². The normalized spacial score (nSPS) is 28.5. The van der Waals surface area contributed by atoms with Crippen LogP contribution in [0.1, 0.15) is 32.6 Å². The molecule has 0 radical (unpaired) electrons. The van der Waals surface area contributed by atoms with E-state index >= 15 is 0 Å². The van der Waals surface area contributed by atoms with Gasteiger partial charge in [0.25, 0.3) is 0 Å². The summed E-state index contributed by atoms with van der Waals surface area (Å²) in [5.74, 6) is 0.859. The molecule has 2 nitrogen and oxygen atoms in total. The van der Waals surface area contributed by atoms with Crippen molar-refractivity contribution in [2.75, 3.05) is 5.75 Å². The van der Waals surface area contributed by atoms with E-state index in [2.05, 4.69) is 10.3 Å². The van der Waals surface area contributed by atoms with E-state index in [0.717, 1.165) is 18.6 Å². The van der Waals surface area contributed by atoms with Crippen LogP contribution in [-0.2, 0) is 0 Å². The summed E-state index contributed by atoms with van der Waals surface area (Å²) in [6.45, 7) is 2.01. The summed E-state index contributed by atoms with van der Waals surface area (Å²) >= 11 is 1.40. The number of halogens is 3. The predicted octanol–water partition coefficient (Wildman–Crippen LogP) is 2.94. The molecule has 0 aromatic carbocycles. The Kier molecular flexibility index (Phi) is 3.11. The van der Waals surface area contributed by atoms with Gasteiger partial charge in [-0.1, -0.05) is 18.7 Å². The van der Waals surface area contributed by atoms with Crippen LogP contribution in [0.25, 0.3) is 0 Å². The van der Waals surface area contributed by atoms with Gasteiger partial charge in [-0.2, -0.15) is 13.2 Å². The van der Waals surface area contributed by atoms with Crippen LogP contribution in [0.5, 0.6) is 0 Å². The highest BCUT2D eigenvalue weighted by Gasteiger charge is 2.64. The molecule has 2 rings (SSSR count). The lowest BCUT2D eigenvalue weighted by Gasteiger charge is -2.26. The largest absolute Gasteiger partial charge is 0.411 e. The first-order valence-electron chi connectivity index (χ1n) is 5.52. The standard InChI is InChI=1S/C10H15F3N2S/c1-2-7-3-6-16-8(14-7)15-9(4-5-9)10(11,12)13/h7H,2-6H2,1H3,(H,14,15). The van der Waals surface area contributed by atoms with Crippen LogP contribution in [0.3, 0.4) is 0 Å². The quantitative estimate of drug-likeness (QED) is 0.817. The molecule has 1 saturated carbocycles. The summed E-state index contributed by atoms with van der Waals surface area (Å²) < 4.78 is 38.1. The maximum absolute atomic E-state index is 12.7. The molecule has 16 heavy (non-hydrogen) atoms. The molecule has 0 bridgehead atoms. The molecule has 1 unspecified atom stereocenters. The summed E-state index contributed by atoms with van der Waals surface area (Å²) in [6, 6.07) is 0.188. The molecule has 1 fully saturated rings. The van der Waals surface area contributed by atoms with Gasteiger partial charge in [0.15, 0.2) is 5.17 Å². The van der Waals surface area contributed by atoms with E-state index < -0.39 is 11.7 Å². The number of hydrogen-bond donors (Lipinski definition) is 1. The summed E-state index contributed by atoms with van der Waals surface area (Å²) in [6.07, 6.45) is -1.95. The molecule has 0 saturated heterocycles. The van der Waals surface area contributed by atoms with Crippen LogP contribution in [0.2, 0.25) is 0 Å². The Morgan fingerprint density at radius 3 is 2.69 bits per heavy atom. The smallest absolute Gasteiger partial charge is 0.351 e. The van der Waals surface area contributed by atoms with Gasteiger partial charge in [-0.05, 0) is 25.7 Å². The zero-order valence-corrected chi connectivity index (χ0v) is 9.92. The van der Waals surface area contributed by atoms with Gasteiger partial charge in [-0.15, -0.1) is 0 Å². The molecule has 1 aliphatic heterocycles. The van der Waals surface area contributed by atoms with Crippen LogP contribution in [0.4, 0.5) is 13.2 Å². The number of nitrogens with zero attached hydrogens (tertiary/aromatic N) is 1. The maximum atomic E-state index is 12.7. The van der Waals surface area contributed by atoms with Crippen molar-refractivity contribution in [3.05, 3.63) is 0 Å². The van der Waals surface area contributed by atoms with E-state index in [1.807, 2.05) is 6.92 Å². The van der Waals surface area contributed by atoms with Gasteiger partial charge < -0.3 is 5.32 Å². The zero-order valence-electron chi connectivity index (χ0n) is 9.10. The highest BCUT2D eigenvalue weighted by atomic mass is 32.2. The minimum atomic E-state index is -4.16. The van der Waals surface area contributed by atoms with Gasteiger partial charge in [-0.25, -0.2) is 0 Å². The van der Waals surface area contributed by atoms with Crippen LogP contribution < -0.4 is 5.32 Å². The first kappa shape index (κ1) is 12.1. The number of alkyl halides is 3. The van der Waals surface area contributed by atoms with Crippen molar-refractivity contribution in [2.24, 2.45) is 4.99 Å². The number of rotatable bonds is 2. The average molecular weight is 252 g/mol. The van der Waals surface area contributed by atoms with Gasteiger partial charge in [0.2, 0.25) is 0 Å². The van der Waals surface area contributed by atoms with Gasteiger partial charge in [0.1, 0.15) is 5.54 Å². The van der Waals surface area contributed by atoms with Crippen molar-refractivity contribution in [3.63, 3.8) is 0 Å².